The highest BCUT2D eigenvalue weighted by Crippen LogP contribution is 2.67. The lowest BCUT2D eigenvalue weighted by atomic mass is 9.40. The normalized spacial score (nSPS) is 44.4. The van der Waals surface area contributed by atoms with E-state index in [1.54, 1.807) is 0 Å². The number of carbonyl (C=O) groups is 3. The van der Waals surface area contributed by atoms with Gasteiger partial charge in [-0.2, -0.15) is 0 Å². The van der Waals surface area contributed by atoms with Crippen LogP contribution in [0, 0.1) is 22.7 Å². The van der Waals surface area contributed by atoms with Crippen LogP contribution < -0.4 is 0 Å². The zero-order valence-corrected chi connectivity index (χ0v) is 19.7. The van der Waals surface area contributed by atoms with Crippen molar-refractivity contribution in [1.29, 1.82) is 0 Å². The minimum Gasteiger partial charge on any atom is -0.465 e. The number of aliphatic hydroxyl groups excluding tert-OH is 1. The van der Waals surface area contributed by atoms with Crippen LogP contribution in [0.15, 0.2) is 11.6 Å². The van der Waals surface area contributed by atoms with Gasteiger partial charge in [0, 0.05) is 31.4 Å². The molecular weight excluding hydrogens is 432 g/mol. The summed E-state index contributed by atoms with van der Waals surface area (Å²) in [4.78, 5) is 35.7. The Morgan fingerprint density at radius 2 is 2.00 bits per heavy atom. The summed E-state index contributed by atoms with van der Waals surface area (Å²) in [6.45, 7) is 6.25. The van der Waals surface area contributed by atoms with Gasteiger partial charge in [0.15, 0.2) is 0 Å². The SMILES string of the molecule is CC(=O)OC[C@]12[C@@H](OC(C)=O)C[C@@H](C)[C@]3(C)C[C@H](C4=CC(=O)OC4)O[C@H](CC[C@]1(O)CO)[C@H]32. The Morgan fingerprint density at radius 1 is 1.27 bits per heavy atom. The van der Waals surface area contributed by atoms with Gasteiger partial charge in [-0.25, -0.2) is 4.79 Å². The Balaban J connectivity index is 1.84. The van der Waals surface area contributed by atoms with Gasteiger partial charge in [-0.3, -0.25) is 9.59 Å². The molecule has 2 saturated carbocycles. The summed E-state index contributed by atoms with van der Waals surface area (Å²) in [7, 11) is 0. The first kappa shape index (κ1) is 24.2. The van der Waals surface area contributed by atoms with Gasteiger partial charge in [-0.15, -0.1) is 0 Å². The van der Waals surface area contributed by atoms with Crippen molar-refractivity contribution < 1.29 is 43.5 Å². The number of aliphatic hydroxyl groups is 2. The zero-order chi connectivity index (χ0) is 24.2. The number of ether oxygens (including phenoxy) is 4. The maximum Gasteiger partial charge on any atom is 0.331 e. The summed E-state index contributed by atoms with van der Waals surface area (Å²) < 4.78 is 22.9. The van der Waals surface area contributed by atoms with E-state index in [2.05, 4.69) is 13.8 Å². The van der Waals surface area contributed by atoms with Crippen LogP contribution in [-0.2, 0) is 33.3 Å². The number of esters is 3. The quantitative estimate of drug-likeness (QED) is 0.455. The molecule has 9 nitrogen and oxygen atoms in total. The van der Waals surface area contributed by atoms with E-state index in [-0.39, 0.29) is 49.6 Å². The molecule has 184 valence electrons. The fraction of sp³-hybridized carbons (Fsp3) is 0.792. The molecule has 0 amide bonds. The summed E-state index contributed by atoms with van der Waals surface area (Å²) >= 11 is 0. The van der Waals surface area contributed by atoms with E-state index >= 15 is 0 Å². The average Bonchev–Trinajstić information content (AvgIpc) is 3.18. The minimum absolute atomic E-state index is 0.0610. The monoisotopic (exact) mass is 466 g/mol. The predicted molar refractivity (Wildman–Crippen MR) is 114 cm³/mol. The predicted octanol–water partition coefficient (Wildman–Crippen LogP) is 1.29. The third-order valence-corrected chi connectivity index (χ3v) is 8.76. The summed E-state index contributed by atoms with van der Waals surface area (Å²) in [5, 5.41) is 22.2. The second-order valence-corrected chi connectivity index (χ2v) is 10.5. The molecule has 2 heterocycles. The van der Waals surface area contributed by atoms with Crippen LogP contribution in [0.4, 0.5) is 0 Å². The molecule has 2 N–H and O–H groups in total. The van der Waals surface area contributed by atoms with Gasteiger partial charge in [0.05, 0.1) is 24.2 Å². The van der Waals surface area contributed by atoms with Gasteiger partial charge >= 0.3 is 17.9 Å². The van der Waals surface area contributed by atoms with Crippen LogP contribution in [-0.4, -0.2) is 71.9 Å². The molecular formula is C24H34O9. The molecule has 1 saturated heterocycles. The van der Waals surface area contributed by atoms with Crippen LogP contribution in [0.25, 0.3) is 0 Å². The molecule has 0 spiro atoms. The van der Waals surface area contributed by atoms with Gasteiger partial charge in [0.1, 0.15) is 24.9 Å². The molecule has 0 bridgehead atoms. The maximum absolute atomic E-state index is 12.1. The van der Waals surface area contributed by atoms with E-state index in [4.69, 9.17) is 18.9 Å². The number of hydrogen-bond acceptors (Lipinski definition) is 9. The van der Waals surface area contributed by atoms with Crippen LogP contribution in [0.3, 0.4) is 0 Å². The van der Waals surface area contributed by atoms with Gasteiger partial charge in [0.2, 0.25) is 0 Å². The molecule has 0 aromatic heterocycles. The number of cyclic esters (lactones) is 1. The third kappa shape index (κ3) is 3.68. The van der Waals surface area contributed by atoms with E-state index in [9.17, 15) is 24.6 Å². The average molecular weight is 467 g/mol. The van der Waals surface area contributed by atoms with Crippen molar-refractivity contribution in [2.24, 2.45) is 22.7 Å². The number of rotatable bonds is 5. The Hall–Kier alpha value is -1.97. The summed E-state index contributed by atoms with van der Waals surface area (Å²) in [6.07, 6.45) is 1.71. The number of hydrogen-bond donors (Lipinski definition) is 2. The van der Waals surface area contributed by atoms with E-state index in [1.807, 2.05) is 0 Å². The Bertz CT molecular complexity index is 868. The fourth-order valence-electron chi connectivity index (χ4n) is 7.07. The maximum atomic E-state index is 12.1. The molecule has 4 aliphatic rings. The first-order chi connectivity index (χ1) is 15.5. The van der Waals surface area contributed by atoms with Crippen LogP contribution in [0.1, 0.15) is 53.4 Å². The molecule has 2 aliphatic carbocycles. The molecule has 4 rings (SSSR count). The molecule has 3 fully saturated rings. The van der Waals surface area contributed by atoms with Crippen molar-refractivity contribution in [3.05, 3.63) is 11.6 Å². The van der Waals surface area contributed by atoms with Gasteiger partial charge in [-0.1, -0.05) is 13.8 Å². The van der Waals surface area contributed by atoms with Gasteiger partial charge in [-0.05, 0) is 37.0 Å². The molecule has 9 heteroatoms. The number of carbonyl (C=O) groups excluding carboxylic acids is 3. The summed E-state index contributed by atoms with van der Waals surface area (Å²) in [5.41, 5.74) is -2.50. The van der Waals surface area contributed by atoms with Gasteiger partial charge in [0.25, 0.3) is 0 Å². The largest absolute Gasteiger partial charge is 0.465 e. The van der Waals surface area contributed by atoms with Crippen LogP contribution in [0.2, 0.25) is 0 Å². The fourth-order valence-corrected chi connectivity index (χ4v) is 7.07. The lowest BCUT2D eigenvalue weighted by Crippen LogP contribution is -2.76. The molecule has 0 aromatic carbocycles. The first-order valence-electron chi connectivity index (χ1n) is 11.6. The minimum atomic E-state index is -1.63. The topological polar surface area (TPSA) is 129 Å². The van der Waals surface area contributed by atoms with Crippen molar-refractivity contribution >= 4 is 17.9 Å². The highest BCUT2D eigenvalue weighted by Gasteiger charge is 2.73. The first-order valence-corrected chi connectivity index (χ1v) is 11.6. The van der Waals surface area contributed by atoms with E-state index in [0.717, 1.165) is 5.57 Å². The van der Waals surface area contributed by atoms with E-state index in [1.165, 1.54) is 19.9 Å². The van der Waals surface area contributed by atoms with Crippen molar-refractivity contribution in [2.45, 2.75) is 77.3 Å². The smallest absolute Gasteiger partial charge is 0.331 e. The molecule has 0 aromatic rings. The Morgan fingerprint density at radius 3 is 2.58 bits per heavy atom. The van der Waals surface area contributed by atoms with Gasteiger partial charge < -0.3 is 29.2 Å². The summed E-state index contributed by atoms with van der Waals surface area (Å²) in [5.74, 6) is -1.70. The molecule has 33 heavy (non-hydrogen) atoms. The van der Waals surface area contributed by atoms with Crippen LogP contribution in [0.5, 0.6) is 0 Å². The third-order valence-electron chi connectivity index (χ3n) is 8.76. The van der Waals surface area contributed by atoms with Crippen LogP contribution >= 0.6 is 0 Å². The van der Waals surface area contributed by atoms with E-state index in [0.29, 0.717) is 19.3 Å². The highest BCUT2D eigenvalue weighted by molar-refractivity contribution is 5.85. The van der Waals surface area contributed by atoms with E-state index < -0.39 is 41.1 Å². The molecule has 0 radical (unpaired) electrons. The molecule has 2 aliphatic heterocycles. The molecule has 0 unspecified atom stereocenters. The second kappa shape index (κ2) is 8.36. The second-order valence-electron chi connectivity index (χ2n) is 10.5. The Labute approximate surface area is 193 Å². The van der Waals surface area contributed by atoms with Crippen molar-refractivity contribution in [2.75, 3.05) is 19.8 Å². The van der Waals surface area contributed by atoms with Crippen molar-refractivity contribution in [3.8, 4) is 0 Å². The summed E-state index contributed by atoms with van der Waals surface area (Å²) in [6, 6.07) is 0. The lowest BCUT2D eigenvalue weighted by Gasteiger charge is -2.69. The Kier molecular flexibility index (Phi) is 6.12. The van der Waals surface area contributed by atoms with Crippen molar-refractivity contribution in [3.63, 3.8) is 0 Å². The molecule has 8 atom stereocenters. The van der Waals surface area contributed by atoms with Crippen molar-refractivity contribution in [1.82, 2.24) is 0 Å². The standard InChI is InChI=1S/C24H34O9/c1-13-7-19(32-15(3)27)24(12-31-14(2)26)21-17(5-6-23(24,29)11-25)33-18(9-22(13,21)4)16-8-20(28)30-10-16/h8,13,17-19,21,25,29H,5-7,9-12H2,1-4H3/t13-,17-,18-,19+,21-,22+,23+,24-/m1/s1. The zero-order valence-electron chi connectivity index (χ0n) is 19.7. The lowest BCUT2D eigenvalue weighted by molar-refractivity contribution is -0.328. The highest BCUT2D eigenvalue weighted by atomic mass is 16.6.